The lowest BCUT2D eigenvalue weighted by Gasteiger charge is -2.24. The molecule has 1 aliphatic rings. The third kappa shape index (κ3) is 12.7. The fourth-order valence-corrected chi connectivity index (χ4v) is 2.38. The van der Waals surface area contributed by atoms with Crippen LogP contribution in [0.15, 0.2) is 53.0 Å². The molecule has 0 amide bonds. The highest BCUT2D eigenvalue weighted by Crippen LogP contribution is 2.20. The Labute approximate surface area is 182 Å². The summed E-state index contributed by atoms with van der Waals surface area (Å²) in [6.45, 7) is 15.2. The van der Waals surface area contributed by atoms with Gasteiger partial charge in [-0.25, -0.2) is 14.4 Å². The van der Waals surface area contributed by atoms with Gasteiger partial charge in [-0.1, -0.05) is 40.2 Å². The Hall–Kier alpha value is -2.70. The van der Waals surface area contributed by atoms with E-state index in [1.807, 2.05) is 45.7 Å². The summed E-state index contributed by atoms with van der Waals surface area (Å²) in [6.07, 6.45) is 13.8. The largest absolute Gasteiger partial charge is 0.401 e. The van der Waals surface area contributed by atoms with Crippen LogP contribution in [0.1, 0.15) is 66.6 Å². The van der Waals surface area contributed by atoms with E-state index in [9.17, 15) is 4.39 Å². The molecule has 2 rings (SSSR count). The van der Waals surface area contributed by atoms with Crippen molar-refractivity contribution < 1.29 is 4.39 Å². The van der Waals surface area contributed by atoms with Crippen molar-refractivity contribution >= 4 is 12.6 Å². The Balaban J connectivity index is 0. The van der Waals surface area contributed by atoms with Crippen molar-refractivity contribution in [2.45, 2.75) is 74.3 Å². The van der Waals surface area contributed by atoms with Crippen LogP contribution < -0.4 is 5.73 Å². The fraction of sp³-hybridized carbons (Fsp3) is 0.522. The van der Waals surface area contributed by atoms with Crippen molar-refractivity contribution in [2.75, 3.05) is 6.54 Å². The molecule has 0 aliphatic carbocycles. The van der Waals surface area contributed by atoms with Crippen LogP contribution in [0.3, 0.4) is 0 Å². The molecule has 170 valence electrons. The van der Waals surface area contributed by atoms with E-state index in [2.05, 4.69) is 33.3 Å². The molecule has 2 heterocycles. The fourth-order valence-electron chi connectivity index (χ4n) is 2.38. The van der Waals surface area contributed by atoms with E-state index in [4.69, 9.17) is 11.1 Å². The summed E-state index contributed by atoms with van der Waals surface area (Å²) in [6, 6.07) is 0. The predicted octanol–water partition coefficient (Wildman–Crippen LogP) is 5.97. The Morgan fingerprint density at radius 3 is 2.33 bits per heavy atom. The first-order valence-corrected chi connectivity index (χ1v) is 10.6. The minimum atomic E-state index is 0.500. The molecule has 0 fully saturated rings. The van der Waals surface area contributed by atoms with Crippen molar-refractivity contribution in [1.29, 1.82) is 5.41 Å². The Bertz CT molecular complexity index is 682. The number of rotatable bonds is 6. The minimum Gasteiger partial charge on any atom is -0.401 e. The molecule has 30 heavy (non-hydrogen) atoms. The van der Waals surface area contributed by atoms with E-state index in [1.165, 1.54) is 17.9 Å². The Kier molecular flexibility index (Phi) is 19.3. The van der Waals surface area contributed by atoms with Crippen LogP contribution >= 0.6 is 0 Å². The summed E-state index contributed by atoms with van der Waals surface area (Å²) in [5.74, 6) is 1.02. The van der Waals surface area contributed by atoms with Crippen molar-refractivity contribution in [3.8, 4) is 0 Å². The minimum absolute atomic E-state index is 0.500. The molecular formula is C23H41FN6. The second kappa shape index (κ2) is 19.6. The normalized spacial score (nSPS) is 13.1. The number of nitrogens with one attached hydrogen (secondary N) is 1. The number of halogens is 1. The maximum atomic E-state index is 10.5. The highest BCUT2D eigenvalue weighted by molar-refractivity contribution is 5.61. The van der Waals surface area contributed by atoms with Gasteiger partial charge in [0.25, 0.3) is 0 Å². The monoisotopic (exact) mass is 420 g/mol. The number of aliphatic imine (C=N–C) groups is 1. The SMILES string of the molecule is C/C=C/F.CC.CC=N.CCCC1=C(Cn2ccnc2C)N=CN(/C=C(\N)CC)C1. The topological polar surface area (TPSA) is 83.3 Å². The first-order chi connectivity index (χ1) is 14.5. The van der Waals surface area contributed by atoms with Crippen molar-refractivity contribution in [1.82, 2.24) is 14.5 Å². The molecule has 0 spiro atoms. The smallest absolute Gasteiger partial charge is 0.105 e. The van der Waals surface area contributed by atoms with Crippen LogP contribution in [0.5, 0.6) is 0 Å². The van der Waals surface area contributed by atoms with Crippen molar-refractivity contribution in [2.24, 2.45) is 10.7 Å². The summed E-state index contributed by atoms with van der Waals surface area (Å²) >= 11 is 0. The van der Waals surface area contributed by atoms with Crippen molar-refractivity contribution in [3.63, 3.8) is 0 Å². The molecule has 0 atom stereocenters. The van der Waals surface area contributed by atoms with Gasteiger partial charge in [-0.15, -0.1) is 0 Å². The molecule has 0 saturated heterocycles. The standard InChI is InChI=1S/C16H25N5.C3H5F.C2H5N.C2H6/c1-4-6-14-9-20(10-15(17)5-2)12-19-16(14)11-21-8-7-18-13(21)3;1-2-3-4;1-2-3;1-2/h7-8,10,12H,4-6,9,11,17H2,1-3H3;2-3H,1H3;2-3H,1H3;1-2H3/b15-10-;3-2+;;. The van der Waals surface area contributed by atoms with Gasteiger partial charge in [-0.3, -0.25) is 0 Å². The molecule has 0 unspecified atom stereocenters. The number of aromatic nitrogens is 2. The Morgan fingerprint density at radius 1 is 1.30 bits per heavy atom. The quantitative estimate of drug-likeness (QED) is 0.556. The van der Waals surface area contributed by atoms with E-state index in [-0.39, 0.29) is 0 Å². The molecule has 1 aliphatic heterocycles. The van der Waals surface area contributed by atoms with Gasteiger partial charge in [0.2, 0.25) is 0 Å². The lowest BCUT2D eigenvalue weighted by molar-refractivity contribution is 0.566. The second-order valence-electron chi connectivity index (χ2n) is 6.13. The lowest BCUT2D eigenvalue weighted by atomic mass is 10.1. The molecule has 6 nitrogen and oxygen atoms in total. The average Bonchev–Trinajstić information content (AvgIpc) is 3.16. The molecule has 0 saturated carbocycles. The van der Waals surface area contributed by atoms with Gasteiger partial charge in [0, 0.05) is 30.8 Å². The molecule has 1 aromatic rings. The van der Waals surface area contributed by atoms with Crippen LogP contribution in [0, 0.1) is 12.3 Å². The first kappa shape index (κ1) is 29.5. The molecule has 0 aromatic carbocycles. The summed E-state index contributed by atoms with van der Waals surface area (Å²) in [5, 5.41) is 6.08. The summed E-state index contributed by atoms with van der Waals surface area (Å²) in [7, 11) is 0. The predicted molar refractivity (Wildman–Crippen MR) is 128 cm³/mol. The van der Waals surface area contributed by atoms with Gasteiger partial charge in [-0.05, 0) is 45.4 Å². The summed E-state index contributed by atoms with van der Waals surface area (Å²) < 4.78 is 12.7. The second-order valence-corrected chi connectivity index (χ2v) is 6.13. The molecule has 7 heteroatoms. The third-order valence-electron chi connectivity index (χ3n) is 3.80. The molecule has 3 N–H and O–H groups in total. The maximum Gasteiger partial charge on any atom is 0.105 e. The van der Waals surface area contributed by atoms with E-state index in [0.717, 1.165) is 49.6 Å². The van der Waals surface area contributed by atoms with Gasteiger partial charge in [0.1, 0.15) is 5.82 Å². The molecular weight excluding hydrogens is 379 g/mol. The highest BCUT2D eigenvalue weighted by Gasteiger charge is 2.14. The number of aryl methyl sites for hydroxylation is 1. The van der Waals surface area contributed by atoms with Crippen molar-refractivity contribution in [3.05, 3.63) is 53.8 Å². The summed E-state index contributed by atoms with van der Waals surface area (Å²) in [5.41, 5.74) is 9.33. The number of hydrogen-bond acceptors (Lipinski definition) is 5. The van der Waals surface area contributed by atoms with E-state index >= 15 is 0 Å². The number of nitrogens with zero attached hydrogens (tertiary/aromatic N) is 4. The third-order valence-corrected chi connectivity index (χ3v) is 3.80. The average molecular weight is 421 g/mol. The van der Waals surface area contributed by atoms with Crippen LogP contribution in [-0.2, 0) is 6.54 Å². The number of hydrogen-bond donors (Lipinski definition) is 2. The number of allylic oxidation sites excluding steroid dienone is 3. The molecule has 0 radical (unpaired) electrons. The molecule has 0 bridgehead atoms. The first-order valence-electron chi connectivity index (χ1n) is 10.6. The van der Waals surface area contributed by atoms with Gasteiger partial charge in [0.05, 0.1) is 24.9 Å². The maximum absolute atomic E-state index is 10.5. The van der Waals surface area contributed by atoms with Crippen LogP contribution in [0.25, 0.3) is 0 Å². The Morgan fingerprint density at radius 2 is 1.90 bits per heavy atom. The number of imidazole rings is 1. The zero-order valence-corrected chi connectivity index (χ0v) is 19.8. The number of nitrogens with two attached hydrogens (primary N) is 1. The van der Waals surface area contributed by atoms with Gasteiger partial charge in [0.15, 0.2) is 0 Å². The lowest BCUT2D eigenvalue weighted by Crippen LogP contribution is -2.25. The van der Waals surface area contributed by atoms with E-state index < -0.39 is 0 Å². The zero-order valence-electron chi connectivity index (χ0n) is 19.8. The van der Waals surface area contributed by atoms with Gasteiger partial charge >= 0.3 is 0 Å². The summed E-state index contributed by atoms with van der Waals surface area (Å²) in [4.78, 5) is 11.0. The van der Waals surface area contributed by atoms with Crippen LogP contribution in [0.2, 0.25) is 0 Å². The van der Waals surface area contributed by atoms with Gasteiger partial charge in [-0.2, -0.15) is 0 Å². The van der Waals surface area contributed by atoms with Crippen LogP contribution in [-0.4, -0.2) is 33.5 Å². The van der Waals surface area contributed by atoms with Gasteiger partial charge < -0.3 is 20.6 Å². The van der Waals surface area contributed by atoms with Crippen LogP contribution in [0.4, 0.5) is 4.39 Å². The van der Waals surface area contributed by atoms with E-state index in [1.54, 1.807) is 13.8 Å². The van der Waals surface area contributed by atoms with E-state index in [0.29, 0.717) is 6.33 Å². The molecule has 1 aromatic heterocycles. The zero-order chi connectivity index (χ0) is 23.4. The highest BCUT2D eigenvalue weighted by atomic mass is 19.1.